The zero-order valence-electron chi connectivity index (χ0n) is 9.75. The number of carbonyl (C=O) groups excluding carboxylic acids is 1. The Morgan fingerprint density at radius 3 is 2.87 bits per heavy atom. The van der Waals surface area contributed by atoms with Gasteiger partial charge in [0, 0.05) is 18.3 Å². The van der Waals surface area contributed by atoms with Crippen molar-refractivity contribution in [3.05, 3.63) is 0 Å². The quantitative estimate of drug-likeness (QED) is 0.554. The SMILES string of the molecule is C#C[C@@H]1CC[C@@]2(C)CCC(=O)[C@H](C)[C@H]2C1. The largest absolute Gasteiger partial charge is 0.299 e. The molecule has 82 valence electrons. The molecule has 4 atom stereocenters. The Morgan fingerprint density at radius 1 is 1.47 bits per heavy atom. The van der Waals surface area contributed by atoms with Crippen molar-refractivity contribution in [2.24, 2.45) is 23.2 Å². The zero-order chi connectivity index (χ0) is 11.1. The number of hydrogen-bond donors (Lipinski definition) is 0. The number of carbonyl (C=O) groups is 1. The minimum Gasteiger partial charge on any atom is -0.299 e. The summed E-state index contributed by atoms with van der Waals surface area (Å²) in [6.45, 7) is 4.46. The second kappa shape index (κ2) is 3.67. The predicted octanol–water partition coefficient (Wildman–Crippen LogP) is 3.04. The summed E-state index contributed by atoms with van der Waals surface area (Å²) in [6.07, 6.45) is 10.8. The van der Waals surface area contributed by atoms with E-state index in [-0.39, 0.29) is 5.92 Å². The van der Waals surface area contributed by atoms with Gasteiger partial charge in [-0.25, -0.2) is 0 Å². The first kappa shape index (κ1) is 10.7. The highest BCUT2D eigenvalue weighted by atomic mass is 16.1. The van der Waals surface area contributed by atoms with Gasteiger partial charge in [0.05, 0.1) is 0 Å². The second-order valence-corrected chi connectivity index (χ2v) is 5.65. The number of ketones is 1. The van der Waals surface area contributed by atoms with E-state index in [9.17, 15) is 4.79 Å². The van der Waals surface area contributed by atoms with Crippen LogP contribution in [0.5, 0.6) is 0 Å². The zero-order valence-corrected chi connectivity index (χ0v) is 9.75. The summed E-state index contributed by atoms with van der Waals surface area (Å²) in [5, 5.41) is 0. The molecule has 0 radical (unpaired) electrons. The monoisotopic (exact) mass is 204 g/mol. The van der Waals surface area contributed by atoms with E-state index in [1.165, 1.54) is 6.42 Å². The number of fused-ring (bicyclic) bond motifs is 1. The third-order valence-corrected chi connectivity index (χ3v) is 4.79. The lowest BCUT2D eigenvalue weighted by molar-refractivity contribution is -0.132. The fourth-order valence-electron chi connectivity index (χ4n) is 3.53. The van der Waals surface area contributed by atoms with Gasteiger partial charge in [-0.1, -0.05) is 13.8 Å². The molecule has 0 N–H and O–H groups in total. The second-order valence-electron chi connectivity index (χ2n) is 5.65. The first-order valence-electron chi connectivity index (χ1n) is 6.05. The molecule has 0 unspecified atom stereocenters. The molecule has 0 heterocycles. The van der Waals surface area contributed by atoms with Crippen molar-refractivity contribution >= 4 is 5.78 Å². The molecule has 0 aromatic rings. The van der Waals surface area contributed by atoms with Gasteiger partial charge in [0.15, 0.2) is 0 Å². The lowest BCUT2D eigenvalue weighted by atomic mass is 9.55. The lowest BCUT2D eigenvalue weighted by Crippen LogP contribution is -2.44. The van der Waals surface area contributed by atoms with Gasteiger partial charge >= 0.3 is 0 Å². The molecule has 0 aliphatic heterocycles. The Kier molecular flexibility index (Phi) is 2.63. The van der Waals surface area contributed by atoms with Gasteiger partial charge in [0.1, 0.15) is 5.78 Å². The first-order chi connectivity index (χ1) is 7.07. The van der Waals surface area contributed by atoms with Crippen LogP contribution >= 0.6 is 0 Å². The summed E-state index contributed by atoms with van der Waals surface area (Å²) in [5.41, 5.74) is 0.390. The molecule has 15 heavy (non-hydrogen) atoms. The maximum absolute atomic E-state index is 11.7. The topological polar surface area (TPSA) is 17.1 Å². The highest BCUT2D eigenvalue weighted by Gasteiger charge is 2.46. The summed E-state index contributed by atoms with van der Waals surface area (Å²) in [6, 6.07) is 0. The van der Waals surface area contributed by atoms with E-state index in [2.05, 4.69) is 19.8 Å². The smallest absolute Gasteiger partial charge is 0.136 e. The first-order valence-corrected chi connectivity index (χ1v) is 6.05. The van der Waals surface area contributed by atoms with Gasteiger partial charge in [-0.15, -0.1) is 12.3 Å². The van der Waals surface area contributed by atoms with Crippen molar-refractivity contribution in [2.75, 3.05) is 0 Å². The van der Waals surface area contributed by atoms with E-state index in [4.69, 9.17) is 6.42 Å². The highest BCUT2D eigenvalue weighted by Crippen LogP contribution is 2.52. The molecule has 2 aliphatic carbocycles. The fourth-order valence-corrected chi connectivity index (χ4v) is 3.53. The molecule has 0 spiro atoms. The van der Waals surface area contributed by atoms with Crippen LogP contribution in [-0.4, -0.2) is 5.78 Å². The Bertz CT molecular complexity index is 312. The van der Waals surface area contributed by atoms with Crippen molar-refractivity contribution in [1.82, 2.24) is 0 Å². The average Bonchev–Trinajstić information content (AvgIpc) is 2.24. The Hall–Kier alpha value is -0.770. The summed E-state index contributed by atoms with van der Waals surface area (Å²) < 4.78 is 0. The third kappa shape index (κ3) is 1.71. The Balaban J connectivity index is 2.20. The van der Waals surface area contributed by atoms with Crippen LogP contribution in [0.4, 0.5) is 0 Å². The molecular weight excluding hydrogens is 184 g/mol. The van der Waals surface area contributed by atoms with Crippen LogP contribution in [0.3, 0.4) is 0 Å². The minimum atomic E-state index is 0.236. The highest BCUT2D eigenvalue weighted by molar-refractivity contribution is 5.82. The van der Waals surface area contributed by atoms with Gasteiger partial charge < -0.3 is 0 Å². The van der Waals surface area contributed by atoms with Crippen molar-refractivity contribution in [1.29, 1.82) is 0 Å². The summed E-state index contributed by atoms with van der Waals surface area (Å²) >= 11 is 0. The molecule has 0 saturated heterocycles. The summed E-state index contributed by atoms with van der Waals surface area (Å²) in [4.78, 5) is 11.7. The molecule has 0 amide bonds. The van der Waals surface area contributed by atoms with Gasteiger partial charge in [0.2, 0.25) is 0 Å². The number of terminal acetylenes is 1. The van der Waals surface area contributed by atoms with Gasteiger partial charge in [-0.3, -0.25) is 4.79 Å². The molecule has 2 saturated carbocycles. The van der Waals surface area contributed by atoms with Crippen LogP contribution in [-0.2, 0) is 4.79 Å². The number of Topliss-reactive ketones (excluding diaryl/α,β-unsaturated/α-hetero) is 1. The molecule has 2 rings (SSSR count). The minimum absolute atomic E-state index is 0.236. The van der Waals surface area contributed by atoms with Crippen LogP contribution in [0.25, 0.3) is 0 Å². The maximum Gasteiger partial charge on any atom is 0.136 e. The molecule has 1 nitrogen and oxygen atoms in total. The third-order valence-electron chi connectivity index (χ3n) is 4.79. The van der Waals surface area contributed by atoms with E-state index in [1.54, 1.807) is 0 Å². The summed E-state index contributed by atoms with van der Waals surface area (Å²) in [5.74, 6) is 4.52. The van der Waals surface area contributed by atoms with E-state index in [0.717, 1.165) is 25.7 Å². The Labute approximate surface area is 92.6 Å². The van der Waals surface area contributed by atoms with Crippen molar-refractivity contribution in [3.8, 4) is 12.3 Å². The lowest BCUT2D eigenvalue weighted by Gasteiger charge is -2.49. The van der Waals surface area contributed by atoms with Gasteiger partial charge in [-0.2, -0.15) is 0 Å². The van der Waals surface area contributed by atoms with E-state index < -0.39 is 0 Å². The molecule has 2 fully saturated rings. The molecule has 0 aromatic carbocycles. The van der Waals surface area contributed by atoms with Crippen LogP contribution in [0.2, 0.25) is 0 Å². The fraction of sp³-hybridized carbons (Fsp3) is 0.786. The summed E-state index contributed by atoms with van der Waals surface area (Å²) in [7, 11) is 0. The average molecular weight is 204 g/mol. The van der Waals surface area contributed by atoms with E-state index >= 15 is 0 Å². The van der Waals surface area contributed by atoms with E-state index in [0.29, 0.717) is 23.0 Å². The number of hydrogen-bond acceptors (Lipinski definition) is 1. The maximum atomic E-state index is 11.7. The van der Waals surface area contributed by atoms with Crippen LogP contribution in [0.1, 0.15) is 46.0 Å². The number of rotatable bonds is 0. The van der Waals surface area contributed by atoms with Crippen LogP contribution in [0, 0.1) is 35.5 Å². The van der Waals surface area contributed by atoms with E-state index in [1.807, 2.05) is 0 Å². The van der Waals surface area contributed by atoms with Crippen molar-refractivity contribution in [3.63, 3.8) is 0 Å². The Morgan fingerprint density at radius 2 is 2.20 bits per heavy atom. The molecular formula is C14H20O. The van der Waals surface area contributed by atoms with Crippen molar-refractivity contribution in [2.45, 2.75) is 46.0 Å². The molecule has 2 aliphatic rings. The van der Waals surface area contributed by atoms with Crippen molar-refractivity contribution < 1.29 is 4.79 Å². The normalized spacial score (nSPS) is 45.7. The van der Waals surface area contributed by atoms with Gasteiger partial charge in [0.25, 0.3) is 0 Å². The molecule has 0 aromatic heterocycles. The predicted molar refractivity (Wildman–Crippen MR) is 61.2 cm³/mol. The molecule has 0 bridgehead atoms. The molecule has 1 heteroatoms. The van der Waals surface area contributed by atoms with Crippen LogP contribution in [0.15, 0.2) is 0 Å². The van der Waals surface area contributed by atoms with Crippen LogP contribution < -0.4 is 0 Å². The standard InChI is InChI=1S/C14H20O/c1-4-11-5-7-14(3)8-6-13(15)10(2)12(14)9-11/h1,10-12H,5-9H2,2-3H3/t10-,11-,12-,14+/m1/s1. The van der Waals surface area contributed by atoms with Gasteiger partial charge in [-0.05, 0) is 37.0 Å².